The van der Waals surface area contributed by atoms with Crippen molar-refractivity contribution in [2.45, 2.75) is 31.8 Å². The van der Waals surface area contributed by atoms with Crippen LogP contribution in [0.4, 0.5) is 0 Å². The average Bonchev–Trinajstić information content (AvgIpc) is 3.41. The van der Waals surface area contributed by atoms with Gasteiger partial charge in [0.15, 0.2) is 11.2 Å². The van der Waals surface area contributed by atoms with Gasteiger partial charge in [-0.1, -0.05) is 0 Å². The van der Waals surface area contributed by atoms with E-state index >= 15 is 0 Å². The number of aromatic nitrogens is 2. The molecule has 1 aromatic carbocycles. The van der Waals surface area contributed by atoms with E-state index in [0.29, 0.717) is 22.5 Å². The molecule has 4 heterocycles. The smallest absolute Gasteiger partial charge is 0.336 e. The van der Waals surface area contributed by atoms with Crippen LogP contribution in [-0.4, -0.2) is 45.7 Å². The van der Waals surface area contributed by atoms with Crippen molar-refractivity contribution in [3.63, 3.8) is 0 Å². The molecule has 0 bridgehead atoms. The summed E-state index contributed by atoms with van der Waals surface area (Å²) >= 11 is 0. The first kappa shape index (κ1) is 22.5. The predicted molar refractivity (Wildman–Crippen MR) is 116 cm³/mol. The Bertz CT molecular complexity index is 1460. The van der Waals surface area contributed by atoms with Crippen LogP contribution in [0.5, 0.6) is 5.75 Å². The fraction of sp³-hybridized carbons (Fsp3) is 0.318. The predicted octanol–water partition coefficient (Wildman–Crippen LogP) is 1.03. The largest absolute Gasteiger partial charge is 0.490 e. The number of benzene rings is 1. The van der Waals surface area contributed by atoms with Gasteiger partial charge in [0.1, 0.15) is 12.3 Å². The molecule has 0 amide bonds. The van der Waals surface area contributed by atoms with E-state index in [1.807, 2.05) is 12.1 Å². The van der Waals surface area contributed by atoms with Gasteiger partial charge in [-0.25, -0.2) is 9.59 Å². The number of nitrogens with zero attached hydrogens (tertiary/aromatic N) is 1. The SMILES string of the molecule is COc1c2occc2cc2ccc(=O)oc12.Cc1cn([C@H]2C[C@H](O)[C@@H](CO)O2)c(=O)[nH]c1=O. The van der Waals surface area contributed by atoms with Gasteiger partial charge in [0, 0.05) is 35.0 Å². The second-order valence-electron chi connectivity index (χ2n) is 7.52. The normalized spacial score (nSPS) is 20.1. The van der Waals surface area contributed by atoms with E-state index in [1.54, 1.807) is 19.3 Å². The zero-order valence-electron chi connectivity index (χ0n) is 17.8. The number of hydrogen-bond donors (Lipinski definition) is 3. The third kappa shape index (κ3) is 4.33. The first-order chi connectivity index (χ1) is 15.8. The lowest BCUT2D eigenvalue weighted by Gasteiger charge is -2.14. The number of fused-ring (bicyclic) bond motifs is 2. The summed E-state index contributed by atoms with van der Waals surface area (Å²) in [6.45, 7) is 1.26. The summed E-state index contributed by atoms with van der Waals surface area (Å²) in [5, 5.41) is 20.2. The fourth-order valence-corrected chi connectivity index (χ4v) is 3.64. The average molecular weight is 458 g/mol. The molecule has 0 unspecified atom stereocenters. The number of aliphatic hydroxyl groups excluding tert-OH is 2. The number of furan rings is 1. The molecule has 5 rings (SSSR count). The Morgan fingerprint density at radius 2 is 1.94 bits per heavy atom. The minimum atomic E-state index is -0.816. The van der Waals surface area contributed by atoms with E-state index in [9.17, 15) is 19.5 Å². The topological polar surface area (TPSA) is 157 Å². The molecule has 11 nitrogen and oxygen atoms in total. The van der Waals surface area contributed by atoms with Crippen molar-refractivity contribution in [3.05, 3.63) is 73.5 Å². The van der Waals surface area contributed by atoms with E-state index < -0.39 is 35.3 Å². The molecule has 174 valence electrons. The highest BCUT2D eigenvalue weighted by atomic mass is 16.5. The van der Waals surface area contributed by atoms with E-state index in [-0.39, 0.29) is 13.0 Å². The third-order valence-corrected chi connectivity index (χ3v) is 5.33. The Labute approximate surface area is 185 Å². The first-order valence-electron chi connectivity index (χ1n) is 10.1. The number of methoxy groups -OCH3 is 1. The van der Waals surface area contributed by atoms with Crippen molar-refractivity contribution < 1.29 is 28.5 Å². The van der Waals surface area contributed by atoms with Crippen molar-refractivity contribution in [2.24, 2.45) is 0 Å². The van der Waals surface area contributed by atoms with E-state index in [2.05, 4.69) is 4.98 Å². The molecule has 33 heavy (non-hydrogen) atoms. The molecule has 1 aliphatic rings. The Morgan fingerprint density at radius 3 is 2.64 bits per heavy atom. The maximum Gasteiger partial charge on any atom is 0.336 e. The van der Waals surface area contributed by atoms with Crippen LogP contribution in [-0.2, 0) is 4.74 Å². The summed E-state index contributed by atoms with van der Waals surface area (Å²) in [5.74, 6) is 0.454. The molecule has 0 spiro atoms. The van der Waals surface area contributed by atoms with Crippen LogP contribution >= 0.6 is 0 Å². The van der Waals surface area contributed by atoms with Crippen molar-refractivity contribution in [3.8, 4) is 5.75 Å². The quantitative estimate of drug-likeness (QED) is 0.381. The van der Waals surface area contributed by atoms with Gasteiger partial charge in [0.05, 0.1) is 26.1 Å². The number of aromatic amines is 1. The fourth-order valence-electron chi connectivity index (χ4n) is 3.64. The molecule has 3 aromatic heterocycles. The Kier molecular flexibility index (Phi) is 6.18. The zero-order chi connectivity index (χ0) is 23.7. The molecule has 3 atom stereocenters. The number of hydrogen-bond acceptors (Lipinski definition) is 9. The van der Waals surface area contributed by atoms with Crippen LogP contribution in [0.15, 0.2) is 59.9 Å². The number of aliphatic hydroxyl groups is 2. The lowest BCUT2D eigenvalue weighted by molar-refractivity contribution is -0.0459. The van der Waals surface area contributed by atoms with Crippen LogP contribution in [0.25, 0.3) is 21.9 Å². The number of rotatable bonds is 3. The third-order valence-electron chi connectivity index (χ3n) is 5.33. The zero-order valence-corrected chi connectivity index (χ0v) is 17.8. The maximum atomic E-state index is 11.6. The maximum absolute atomic E-state index is 11.6. The molecule has 1 aliphatic heterocycles. The Hall–Kier alpha value is -3.67. The molecule has 1 fully saturated rings. The summed E-state index contributed by atoms with van der Waals surface area (Å²) in [6, 6.07) is 6.81. The lowest BCUT2D eigenvalue weighted by atomic mass is 10.1. The molecule has 4 aromatic rings. The van der Waals surface area contributed by atoms with Gasteiger partial charge in [-0.15, -0.1) is 0 Å². The molecule has 3 N–H and O–H groups in total. The highest BCUT2D eigenvalue weighted by molar-refractivity contribution is 5.99. The summed E-state index contributed by atoms with van der Waals surface area (Å²) < 4.78 is 22.2. The van der Waals surface area contributed by atoms with Gasteiger partial charge in [0.2, 0.25) is 5.75 Å². The minimum absolute atomic E-state index is 0.205. The van der Waals surface area contributed by atoms with Gasteiger partial charge in [-0.3, -0.25) is 14.3 Å². The van der Waals surface area contributed by atoms with E-state index in [1.165, 1.54) is 23.9 Å². The summed E-state index contributed by atoms with van der Waals surface area (Å²) in [4.78, 5) is 36.1. The number of aryl methyl sites for hydroxylation is 1. The van der Waals surface area contributed by atoms with Gasteiger partial charge < -0.3 is 28.5 Å². The molecule has 11 heteroatoms. The Morgan fingerprint density at radius 1 is 1.18 bits per heavy atom. The summed E-state index contributed by atoms with van der Waals surface area (Å²) in [7, 11) is 1.52. The summed E-state index contributed by atoms with van der Waals surface area (Å²) in [5.41, 5.74) is -0.0477. The molecule has 0 saturated carbocycles. The van der Waals surface area contributed by atoms with Crippen molar-refractivity contribution >= 4 is 21.9 Å². The van der Waals surface area contributed by atoms with Crippen molar-refractivity contribution in [1.82, 2.24) is 9.55 Å². The van der Waals surface area contributed by atoms with Crippen LogP contribution in [0.1, 0.15) is 18.2 Å². The second-order valence-corrected chi connectivity index (χ2v) is 7.52. The molecule has 0 aliphatic carbocycles. The van der Waals surface area contributed by atoms with Gasteiger partial charge in [-0.2, -0.15) is 0 Å². The second kappa shape index (κ2) is 9.06. The monoisotopic (exact) mass is 458 g/mol. The highest BCUT2D eigenvalue weighted by Gasteiger charge is 2.34. The minimum Gasteiger partial charge on any atom is -0.490 e. The van der Waals surface area contributed by atoms with Crippen molar-refractivity contribution in [1.29, 1.82) is 0 Å². The molecular weight excluding hydrogens is 436 g/mol. The lowest BCUT2D eigenvalue weighted by Crippen LogP contribution is -2.33. The number of ether oxygens (including phenoxy) is 2. The van der Waals surface area contributed by atoms with Crippen LogP contribution in [0, 0.1) is 6.92 Å². The number of nitrogens with one attached hydrogen (secondary N) is 1. The van der Waals surface area contributed by atoms with Gasteiger partial charge >= 0.3 is 11.3 Å². The van der Waals surface area contributed by atoms with Gasteiger partial charge in [0.25, 0.3) is 5.56 Å². The van der Waals surface area contributed by atoms with Gasteiger partial charge in [-0.05, 0) is 25.1 Å². The summed E-state index contributed by atoms with van der Waals surface area (Å²) in [6.07, 6.45) is 0.993. The van der Waals surface area contributed by atoms with Crippen LogP contribution in [0.3, 0.4) is 0 Å². The highest BCUT2D eigenvalue weighted by Crippen LogP contribution is 2.34. The molecular formula is C22H22N2O9. The van der Waals surface area contributed by atoms with Crippen LogP contribution in [0.2, 0.25) is 0 Å². The number of H-pyrrole nitrogens is 1. The van der Waals surface area contributed by atoms with E-state index in [0.717, 1.165) is 10.8 Å². The van der Waals surface area contributed by atoms with Crippen molar-refractivity contribution in [2.75, 3.05) is 13.7 Å². The standard InChI is InChI=1S/C12H8O4.C10H14N2O5/c1-14-12-10-8(4-5-15-10)6-7-2-3-9(13)16-11(7)12;1-5-3-12(10(16)11-9(5)15)8-2-6(14)7(4-13)17-8/h2-6H,1H3;3,6-8,13-14H,2,4H2,1H3,(H,11,15,16)/t;6-,7+,8+/m.0/s1. The molecule has 1 saturated heterocycles. The van der Waals surface area contributed by atoms with E-state index in [4.69, 9.17) is 23.4 Å². The first-order valence-corrected chi connectivity index (χ1v) is 10.1. The Balaban J connectivity index is 0.000000157. The van der Waals surface area contributed by atoms with Crippen LogP contribution < -0.4 is 21.6 Å². The molecule has 0 radical (unpaired) electrons.